The minimum absolute atomic E-state index is 0.489. The second kappa shape index (κ2) is 7.70. The maximum Gasteiger partial charge on any atom is 0.186 e. The Hall–Kier alpha value is -2.73. The van der Waals surface area contributed by atoms with Crippen molar-refractivity contribution in [2.75, 3.05) is 18.6 Å². The largest absolute Gasteiger partial charge is 0.364 e. The normalized spacial score (nSPS) is 13.9. The molecule has 122 valence electrons. The molecule has 2 aromatic carbocycles. The van der Waals surface area contributed by atoms with Gasteiger partial charge in [0.1, 0.15) is 0 Å². The number of hydrogen-bond acceptors (Lipinski definition) is 4. The van der Waals surface area contributed by atoms with Crippen LogP contribution >= 0.6 is 12.2 Å². The molecule has 0 saturated heterocycles. The van der Waals surface area contributed by atoms with E-state index >= 15 is 0 Å². The number of rotatable bonds is 4. The van der Waals surface area contributed by atoms with Gasteiger partial charge in [-0.15, -0.1) is 0 Å². The molecule has 0 spiro atoms. The fraction of sp³-hybridized carbons (Fsp3) is 0.167. The van der Waals surface area contributed by atoms with Gasteiger partial charge in [-0.1, -0.05) is 42.5 Å². The van der Waals surface area contributed by atoms with Crippen LogP contribution in [0, 0.1) is 0 Å². The second-order valence-corrected chi connectivity index (χ2v) is 5.73. The van der Waals surface area contributed by atoms with Crippen LogP contribution in [0.15, 0.2) is 64.8 Å². The van der Waals surface area contributed by atoms with E-state index < -0.39 is 0 Å². The summed E-state index contributed by atoms with van der Waals surface area (Å²) in [6, 6.07) is 18.4. The van der Waals surface area contributed by atoms with E-state index in [1.165, 1.54) is 5.56 Å². The third kappa shape index (κ3) is 3.97. The van der Waals surface area contributed by atoms with Crippen LogP contribution in [0.3, 0.4) is 0 Å². The van der Waals surface area contributed by atoms with E-state index in [9.17, 15) is 0 Å². The summed E-state index contributed by atoms with van der Waals surface area (Å²) in [5.41, 5.74) is 7.13. The molecule has 0 amide bonds. The molecule has 0 atom stereocenters. The topological polar surface area (TPSA) is 52.0 Å². The molecule has 2 aromatic rings. The minimum Gasteiger partial charge on any atom is -0.364 e. The van der Waals surface area contributed by atoms with Crippen molar-refractivity contribution in [1.29, 1.82) is 0 Å². The number of hydrazone groups is 2. The molecule has 3 rings (SSSR count). The molecule has 6 heteroatoms. The molecule has 0 fully saturated rings. The van der Waals surface area contributed by atoms with Crippen LogP contribution in [0.1, 0.15) is 17.5 Å². The van der Waals surface area contributed by atoms with E-state index in [1.807, 2.05) is 35.3 Å². The quantitative estimate of drug-likeness (QED) is 0.512. The first-order valence-corrected chi connectivity index (χ1v) is 8.18. The van der Waals surface area contributed by atoms with Crippen molar-refractivity contribution < 1.29 is 0 Å². The molecule has 5 nitrogen and oxygen atoms in total. The van der Waals surface area contributed by atoms with E-state index in [1.54, 1.807) is 13.3 Å². The summed E-state index contributed by atoms with van der Waals surface area (Å²) in [5.74, 6) is 0. The van der Waals surface area contributed by atoms with Gasteiger partial charge in [-0.25, -0.2) is 0 Å². The summed E-state index contributed by atoms with van der Waals surface area (Å²) in [4.78, 5) is 0. The molecule has 1 heterocycles. The van der Waals surface area contributed by atoms with Gasteiger partial charge in [-0.3, -0.25) is 10.4 Å². The Balaban J connectivity index is 1.66. The fourth-order valence-electron chi connectivity index (χ4n) is 2.43. The predicted octanol–water partition coefficient (Wildman–Crippen LogP) is 2.73. The van der Waals surface area contributed by atoms with E-state index in [4.69, 9.17) is 17.3 Å². The monoisotopic (exact) mass is 337 g/mol. The maximum absolute atomic E-state index is 4.96. The first-order valence-electron chi connectivity index (χ1n) is 7.77. The van der Waals surface area contributed by atoms with Crippen LogP contribution in [0.2, 0.25) is 0 Å². The summed E-state index contributed by atoms with van der Waals surface area (Å²) in [7, 11) is 1.75. The predicted molar refractivity (Wildman–Crippen MR) is 104 cm³/mol. The summed E-state index contributed by atoms with van der Waals surface area (Å²) in [5, 5.41) is 14.1. The lowest BCUT2D eigenvalue weighted by Crippen LogP contribution is -2.28. The van der Waals surface area contributed by atoms with Crippen LogP contribution in [0.4, 0.5) is 5.69 Å². The highest BCUT2D eigenvalue weighted by Crippen LogP contribution is 2.21. The Morgan fingerprint density at radius 1 is 1.17 bits per heavy atom. The first kappa shape index (κ1) is 16.1. The van der Waals surface area contributed by atoms with E-state index in [2.05, 4.69) is 40.1 Å². The maximum atomic E-state index is 4.96. The summed E-state index contributed by atoms with van der Waals surface area (Å²) < 4.78 is 0. The van der Waals surface area contributed by atoms with Gasteiger partial charge in [0.15, 0.2) is 5.11 Å². The third-order valence-corrected chi connectivity index (χ3v) is 4.00. The SMILES string of the molecule is CNC(=S)NN=Cc1ccc(N2CCC(c3ccccc3)=N2)cc1. The molecule has 0 radical (unpaired) electrons. The molecule has 0 unspecified atom stereocenters. The Labute approximate surface area is 147 Å². The van der Waals surface area contributed by atoms with Gasteiger partial charge >= 0.3 is 0 Å². The third-order valence-electron chi connectivity index (χ3n) is 3.71. The van der Waals surface area contributed by atoms with Crippen molar-refractivity contribution in [3.8, 4) is 0 Å². The Morgan fingerprint density at radius 3 is 2.62 bits per heavy atom. The average Bonchev–Trinajstić information content (AvgIpc) is 3.13. The molecular formula is C18H19N5S. The van der Waals surface area contributed by atoms with Crippen molar-refractivity contribution in [2.24, 2.45) is 10.2 Å². The zero-order valence-electron chi connectivity index (χ0n) is 13.4. The molecule has 0 bridgehead atoms. The number of anilines is 1. The number of nitrogens with one attached hydrogen (secondary N) is 2. The number of hydrogen-bond donors (Lipinski definition) is 2. The van der Waals surface area contributed by atoms with Crippen molar-refractivity contribution in [3.63, 3.8) is 0 Å². The lowest BCUT2D eigenvalue weighted by atomic mass is 10.1. The van der Waals surface area contributed by atoms with Gasteiger partial charge in [-0.2, -0.15) is 10.2 Å². The first-order chi connectivity index (χ1) is 11.8. The number of benzene rings is 2. The number of nitrogens with zero attached hydrogens (tertiary/aromatic N) is 3. The zero-order chi connectivity index (χ0) is 16.8. The summed E-state index contributed by atoms with van der Waals surface area (Å²) in [6.45, 7) is 0.898. The smallest absolute Gasteiger partial charge is 0.186 e. The van der Waals surface area contributed by atoms with Crippen molar-refractivity contribution >= 4 is 34.9 Å². The van der Waals surface area contributed by atoms with Crippen LogP contribution in [-0.4, -0.2) is 30.6 Å². The molecule has 0 aliphatic carbocycles. The Kier molecular flexibility index (Phi) is 5.18. The summed E-state index contributed by atoms with van der Waals surface area (Å²) >= 11 is 4.96. The summed E-state index contributed by atoms with van der Waals surface area (Å²) in [6.07, 6.45) is 2.69. The van der Waals surface area contributed by atoms with Crippen molar-refractivity contribution in [3.05, 3.63) is 65.7 Å². The van der Waals surface area contributed by atoms with E-state index in [-0.39, 0.29) is 0 Å². The van der Waals surface area contributed by atoms with Crippen molar-refractivity contribution in [2.45, 2.75) is 6.42 Å². The fourth-order valence-corrected chi connectivity index (χ4v) is 2.48. The molecule has 1 aliphatic rings. The molecule has 1 aliphatic heterocycles. The van der Waals surface area contributed by atoms with E-state index in [0.717, 1.165) is 29.9 Å². The molecule has 0 aromatic heterocycles. The van der Waals surface area contributed by atoms with E-state index in [0.29, 0.717) is 5.11 Å². The van der Waals surface area contributed by atoms with Crippen molar-refractivity contribution in [1.82, 2.24) is 10.7 Å². The molecule has 0 saturated carbocycles. The van der Waals surface area contributed by atoms with Crippen LogP contribution in [-0.2, 0) is 0 Å². The highest BCUT2D eigenvalue weighted by molar-refractivity contribution is 7.80. The zero-order valence-corrected chi connectivity index (χ0v) is 14.3. The molecule has 2 N–H and O–H groups in total. The lowest BCUT2D eigenvalue weighted by Gasteiger charge is -2.13. The number of thiocarbonyl (C=S) groups is 1. The van der Waals surface area contributed by atoms with Crippen LogP contribution in [0.25, 0.3) is 0 Å². The average molecular weight is 337 g/mol. The van der Waals surface area contributed by atoms with Gasteiger partial charge in [0, 0.05) is 20.0 Å². The van der Waals surface area contributed by atoms with Crippen LogP contribution in [0.5, 0.6) is 0 Å². The van der Waals surface area contributed by atoms with Gasteiger partial charge in [0.25, 0.3) is 0 Å². The lowest BCUT2D eigenvalue weighted by molar-refractivity contribution is 0.922. The standard InChI is InChI=1S/C18H19N5S/c1-19-18(24)21-20-13-14-7-9-16(10-8-14)23-12-11-17(22-23)15-5-3-2-4-6-15/h2-10,13H,11-12H2,1H3,(H2,19,21,24). The molecular weight excluding hydrogens is 318 g/mol. The second-order valence-electron chi connectivity index (χ2n) is 5.33. The van der Waals surface area contributed by atoms with Crippen LogP contribution < -0.4 is 15.8 Å². The Morgan fingerprint density at radius 2 is 1.92 bits per heavy atom. The van der Waals surface area contributed by atoms with Gasteiger partial charge in [0.05, 0.1) is 17.6 Å². The van der Waals surface area contributed by atoms with Gasteiger partial charge < -0.3 is 5.32 Å². The highest BCUT2D eigenvalue weighted by Gasteiger charge is 2.16. The minimum atomic E-state index is 0.489. The highest BCUT2D eigenvalue weighted by atomic mass is 32.1. The Bertz CT molecular complexity index is 753. The van der Waals surface area contributed by atoms with Gasteiger partial charge in [0.2, 0.25) is 0 Å². The molecule has 24 heavy (non-hydrogen) atoms. The van der Waals surface area contributed by atoms with Gasteiger partial charge in [-0.05, 0) is 35.5 Å².